The first-order valence-corrected chi connectivity index (χ1v) is 4.97. The number of ether oxygens (including phenoxy) is 1. The van der Waals surface area contributed by atoms with E-state index in [1.807, 2.05) is 0 Å². The van der Waals surface area contributed by atoms with Crippen molar-refractivity contribution in [2.24, 2.45) is 0 Å². The number of carbonyl (C=O) groups is 1. The first-order valence-electron chi connectivity index (χ1n) is 4.97. The van der Waals surface area contributed by atoms with Gasteiger partial charge in [-0.2, -0.15) is 0 Å². The summed E-state index contributed by atoms with van der Waals surface area (Å²) in [5.74, 6) is -0.100. The average molecular weight is 187 g/mol. The summed E-state index contributed by atoms with van der Waals surface area (Å²) in [6.45, 7) is 5.31. The predicted molar refractivity (Wildman–Crippen MR) is 53.6 cm³/mol. The van der Waals surface area contributed by atoms with Gasteiger partial charge in [0, 0.05) is 12.5 Å². The lowest BCUT2D eigenvalue weighted by atomic mass is 10.2. The van der Waals surface area contributed by atoms with Gasteiger partial charge in [0.15, 0.2) is 0 Å². The molecule has 0 heterocycles. The van der Waals surface area contributed by atoms with Crippen molar-refractivity contribution >= 4 is 5.97 Å². The predicted octanol–water partition coefficient (Wildman–Crippen LogP) is 1.72. The Morgan fingerprint density at radius 1 is 1.31 bits per heavy atom. The third kappa shape index (κ3) is 9.34. The second kappa shape index (κ2) is 8.05. The lowest BCUT2D eigenvalue weighted by Gasteiger charge is -2.06. The fraction of sp³-hybridized carbons (Fsp3) is 0.900. The maximum Gasteiger partial charge on any atom is 0.305 e. The molecule has 0 saturated carbocycles. The molecule has 0 aromatic carbocycles. The number of unbranched alkanes of at least 4 members (excludes halogenated alkanes) is 2. The quantitative estimate of drug-likeness (QED) is 0.487. The van der Waals surface area contributed by atoms with Crippen LogP contribution in [0.15, 0.2) is 0 Å². The molecule has 0 aromatic rings. The van der Waals surface area contributed by atoms with E-state index >= 15 is 0 Å². The van der Waals surface area contributed by atoms with Gasteiger partial charge in [-0.1, -0.05) is 20.3 Å². The van der Waals surface area contributed by atoms with Crippen LogP contribution in [0.3, 0.4) is 0 Å². The van der Waals surface area contributed by atoms with Crippen LogP contribution in [0.25, 0.3) is 0 Å². The highest BCUT2D eigenvalue weighted by Gasteiger charge is 1.98. The fourth-order valence-electron chi connectivity index (χ4n) is 1.06. The first-order chi connectivity index (χ1) is 6.16. The van der Waals surface area contributed by atoms with Crippen molar-refractivity contribution < 1.29 is 9.53 Å². The second-order valence-corrected chi connectivity index (χ2v) is 3.50. The molecule has 0 radical (unpaired) electrons. The SMILES string of the molecule is COC(=O)CCCCCNC(C)C. The van der Waals surface area contributed by atoms with E-state index in [9.17, 15) is 4.79 Å². The molecular weight excluding hydrogens is 166 g/mol. The summed E-state index contributed by atoms with van der Waals surface area (Å²) in [6.07, 6.45) is 3.72. The molecule has 0 aliphatic carbocycles. The van der Waals surface area contributed by atoms with E-state index in [0.717, 1.165) is 25.8 Å². The Bertz CT molecular complexity index is 135. The lowest BCUT2D eigenvalue weighted by Crippen LogP contribution is -2.23. The van der Waals surface area contributed by atoms with Gasteiger partial charge in [-0.3, -0.25) is 4.79 Å². The Balaban J connectivity index is 3.04. The first kappa shape index (κ1) is 12.4. The summed E-state index contributed by atoms with van der Waals surface area (Å²) in [4.78, 5) is 10.7. The number of hydrogen-bond donors (Lipinski definition) is 1. The van der Waals surface area contributed by atoms with Crippen LogP contribution >= 0.6 is 0 Å². The maximum absolute atomic E-state index is 10.7. The number of nitrogens with one attached hydrogen (secondary N) is 1. The minimum Gasteiger partial charge on any atom is -0.469 e. The molecule has 0 rings (SSSR count). The van der Waals surface area contributed by atoms with Gasteiger partial charge >= 0.3 is 5.97 Å². The van der Waals surface area contributed by atoms with E-state index in [1.165, 1.54) is 7.11 Å². The molecule has 0 aromatic heterocycles. The minimum absolute atomic E-state index is 0.100. The molecule has 0 fully saturated rings. The fourth-order valence-corrected chi connectivity index (χ4v) is 1.06. The van der Waals surface area contributed by atoms with Crippen molar-refractivity contribution in [3.05, 3.63) is 0 Å². The molecule has 13 heavy (non-hydrogen) atoms. The normalized spacial score (nSPS) is 10.5. The lowest BCUT2D eigenvalue weighted by molar-refractivity contribution is -0.140. The average Bonchev–Trinajstić information content (AvgIpc) is 2.10. The third-order valence-corrected chi connectivity index (χ3v) is 1.84. The van der Waals surface area contributed by atoms with E-state index < -0.39 is 0 Å². The number of methoxy groups -OCH3 is 1. The summed E-state index contributed by atoms with van der Waals surface area (Å²) < 4.78 is 4.54. The summed E-state index contributed by atoms with van der Waals surface area (Å²) >= 11 is 0. The number of rotatable bonds is 7. The monoisotopic (exact) mass is 187 g/mol. The number of esters is 1. The van der Waals surface area contributed by atoms with E-state index in [1.54, 1.807) is 0 Å². The van der Waals surface area contributed by atoms with Crippen molar-refractivity contribution in [1.29, 1.82) is 0 Å². The summed E-state index contributed by atoms with van der Waals surface area (Å²) in [6, 6.07) is 0.556. The van der Waals surface area contributed by atoms with Crippen LogP contribution in [0.5, 0.6) is 0 Å². The van der Waals surface area contributed by atoms with Crippen molar-refractivity contribution in [2.45, 2.75) is 45.6 Å². The highest BCUT2D eigenvalue weighted by Crippen LogP contribution is 2.00. The largest absolute Gasteiger partial charge is 0.469 e. The van der Waals surface area contributed by atoms with Gasteiger partial charge in [0.2, 0.25) is 0 Å². The van der Waals surface area contributed by atoms with Crippen LogP contribution in [0, 0.1) is 0 Å². The van der Waals surface area contributed by atoms with Gasteiger partial charge in [0.25, 0.3) is 0 Å². The molecule has 0 aliphatic rings. The van der Waals surface area contributed by atoms with Crippen molar-refractivity contribution in [1.82, 2.24) is 5.32 Å². The smallest absolute Gasteiger partial charge is 0.305 e. The van der Waals surface area contributed by atoms with Crippen molar-refractivity contribution in [3.63, 3.8) is 0 Å². The zero-order chi connectivity index (χ0) is 10.1. The highest BCUT2D eigenvalue weighted by molar-refractivity contribution is 5.68. The molecule has 0 spiro atoms. The van der Waals surface area contributed by atoms with Crippen LogP contribution in [0.1, 0.15) is 39.5 Å². The van der Waals surface area contributed by atoms with Gasteiger partial charge in [-0.15, -0.1) is 0 Å². The van der Waals surface area contributed by atoms with Gasteiger partial charge in [-0.25, -0.2) is 0 Å². The molecule has 0 atom stereocenters. The number of hydrogen-bond acceptors (Lipinski definition) is 3. The summed E-state index contributed by atoms with van der Waals surface area (Å²) in [5, 5.41) is 3.33. The molecular formula is C10H21NO2. The highest BCUT2D eigenvalue weighted by atomic mass is 16.5. The van der Waals surface area contributed by atoms with E-state index in [-0.39, 0.29) is 5.97 Å². The molecule has 0 unspecified atom stereocenters. The Morgan fingerprint density at radius 2 is 2.00 bits per heavy atom. The maximum atomic E-state index is 10.7. The van der Waals surface area contributed by atoms with Crippen molar-refractivity contribution in [2.75, 3.05) is 13.7 Å². The van der Waals surface area contributed by atoms with Crippen LogP contribution in [0.2, 0.25) is 0 Å². The zero-order valence-corrected chi connectivity index (χ0v) is 8.93. The molecule has 78 valence electrons. The molecule has 3 nitrogen and oxygen atoms in total. The molecule has 3 heteroatoms. The summed E-state index contributed by atoms with van der Waals surface area (Å²) in [7, 11) is 1.43. The Labute approximate surface area is 80.8 Å². The van der Waals surface area contributed by atoms with Crippen LogP contribution in [-0.4, -0.2) is 25.7 Å². The molecule has 0 amide bonds. The molecule has 0 saturated heterocycles. The van der Waals surface area contributed by atoms with Crippen LogP contribution in [-0.2, 0) is 9.53 Å². The van der Waals surface area contributed by atoms with Gasteiger partial charge in [0.1, 0.15) is 0 Å². The zero-order valence-electron chi connectivity index (χ0n) is 8.93. The topological polar surface area (TPSA) is 38.3 Å². The Kier molecular flexibility index (Phi) is 7.69. The summed E-state index contributed by atoms with van der Waals surface area (Å²) in [5.41, 5.74) is 0. The molecule has 0 aliphatic heterocycles. The standard InChI is InChI=1S/C10H21NO2/c1-9(2)11-8-6-4-5-7-10(12)13-3/h9,11H,4-8H2,1-3H3. The van der Waals surface area contributed by atoms with E-state index in [4.69, 9.17) is 0 Å². The molecule has 1 N–H and O–H groups in total. The molecule has 0 bridgehead atoms. The number of carbonyl (C=O) groups excluding carboxylic acids is 1. The Morgan fingerprint density at radius 3 is 2.54 bits per heavy atom. The van der Waals surface area contributed by atoms with Crippen LogP contribution in [0.4, 0.5) is 0 Å². The van der Waals surface area contributed by atoms with E-state index in [2.05, 4.69) is 23.9 Å². The van der Waals surface area contributed by atoms with Crippen molar-refractivity contribution in [3.8, 4) is 0 Å². The minimum atomic E-state index is -0.100. The second-order valence-electron chi connectivity index (χ2n) is 3.50. The third-order valence-electron chi connectivity index (χ3n) is 1.84. The van der Waals surface area contributed by atoms with Gasteiger partial charge in [-0.05, 0) is 19.4 Å². The van der Waals surface area contributed by atoms with Gasteiger partial charge in [0.05, 0.1) is 7.11 Å². The van der Waals surface area contributed by atoms with E-state index in [0.29, 0.717) is 12.5 Å². The van der Waals surface area contributed by atoms with Crippen LogP contribution < -0.4 is 5.32 Å². The van der Waals surface area contributed by atoms with Gasteiger partial charge < -0.3 is 10.1 Å². The Hall–Kier alpha value is -0.570.